The van der Waals surface area contributed by atoms with Crippen LogP contribution in [0.4, 0.5) is 0 Å². The number of ether oxygens (including phenoxy) is 1. The van der Waals surface area contributed by atoms with Crippen LogP contribution >= 0.6 is 0 Å². The van der Waals surface area contributed by atoms with E-state index in [9.17, 15) is 5.26 Å². The third-order valence-electron chi connectivity index (χ3n) is 3.20. The first-order chi connectivity index (χ1) is 7.59. The number of nitrogens with one attached hydrogen (secondary N) is 1. The van der Waals surface area contributed by atoms with Crippen LogP contribution in [0.5, 0.6) is 0 Å². The minimum atomic E-state index is -0.222. The molecule has 1 fully saturated rings. The molecule has 1 aliphatic rings. The normalized spacial score (nSPS) is 21.1. The molecule has 0 spiro atoms. The number of rotatable bonds is 4. The van der Waals surface area contributed by atoms with Crippen molar-refractivity contribution >= 4 is 0 Å². The van der Waals surface area contributed by atoms with E-state index in [2.05, 4.69) is 16.3 Å². The first kappa shape index (κ1) is 13.4. The molecule has 4 nitrogen and oxygen atoms in total. The summed E-state index contributed by atoms with van der Waals surface area (Å²) in [5.41, 5.74) is -0.222. The lowest BCUT2D eigenvalue weighted by atomic mass is 9.98. The molecule has 1 unspecified atom stereocenters. The Morgan fingerprint density at radius 3 is 2.81 bits per heavy atom. The summed E-state index contributed by atoms with van der Waals surface area (Å²) in [6.07, 6.45) is 1.88. The van der Waals surface area contributed by atoms with E-state index in [1.807, 2.05) is 13.8 Å². The predicted molar refractivity (Wildman–Crippen MR) is 64.2 cm³/mol. The van der Waals surface area contributed by atoms with E-state index < -0.39 is 0 Å². The fourth-order valence-electron chi connectivity index (χ4n) is 1.98. The predicted octanol–water partition coefficient (Wildman–Crippen LogP) is 0.989. The van der Waals surface area contributed by atoms with Crippen LogP contribution in [-0.4, -0.2) is 49.8 Å². The van der Waals surface area contributed by atoms with E-state index in [1.165, 1.54) is 0 Å². The Morgan fingerprint density at radius 2 is 2.19 bits per heavy atom. The summed E-state index contributed by atoms with van der Waals surface area (Å²) in [6.45, 7) is 8.07. The molecule has 0 aromatic heterocycles. The van der Waals surface area contributed by atoms with Crippen LogP contribution in [0.25, 0.3) is 0 Å². The highest BCUT2D eigenvalue weighted by molar-refractivity contribution is 4.96. The molecule has 92 valence electrons. The van der Waals surface area contributed by atoms with E-state index >= 15 is 0 Å². The largest absolute Gasteiger partial charge is 0.379 e. The molecule has 16 heavy (non-hydrogen) atoms. The third kappa shape index (κ3) is 4.09. The monoisotopic (exact) mass is 225 g/mol. The van der Waals surface area contributed by atoms with Gasteiger partial charge in [-0.05, 0) is 26.8 Å². The quantitative estimate of drug-likeness (QED) is 0.775. The van der Waals surface area contributed by atoms with Gasteiger partial charge >= 0.3 is 0 Å². The van der Waals surface area contributed by atoms with Gasteiger partial charge in [0.05, 0.1) is 11.7 Å². The van der Waals surface area contributed by atoms with Crippen molar-refractivity contribution in [1.29, 1.82) is 5.26 Å². The zero-order valence-electron chi connectivity index (χ0n) is 10.6. The highest BCUT2D eigenvalue weighted by Crippen LogP contribution is 2.19. The van der Waals surface area contributed by atoms with Crippen LogP contribution < -0.4 is 5.32 Å². The molecule has 1 aliphatic heterocycles. The van der Waals surface area contributed by atoms with Crippen LogP contribution in [0.1, 0.15) is 26.7 Å². The van der Waals surface area contributed by atoms with E-state index in [1.54, 1.807) is 7.11 Å². The van der Waals surface area contributed by atoms with E-state index in [0.29, 0.717) is 0 Å². The topological polar surface area (TPSA) is 48.3 Å². The number of hydrogen-bond acceptors (Lipinski definition) is 4. The van der Waals surface area contributed by atoms with Crippen LogP contribution in [0.15, 0.2) is 0 Å². The minimum Gasteiger partial charge on any atom is -0.379 e. The van der Waals surface area contributed by atoms with Crippen molar-refractivity contribution in [3.05, 3.63) is 0 Å². The molecule has 0 bridgehead atoms. The van der Waals surface area contributed by atoms with Gasteiger partial charge in [-0.2, -0.15) is 5.26 Å². The Hall–Kier alpha value is -0.630. The van der Waals surface area contributed by atoms with Gasteiger partial charge in [-0.3, -0.25) is 4.90 Å². The molecular formula is C12H23N3O. The molecule has 1 saturated heterocycles. The molecule has 0 aromatic rings. The number of hydrogen-bond donors (Lipinski definition) is 1. The molecule has 1 rings (SSSR count). The molecule has 0 saturated carbocycles. The summed E-state index contributed by atoms with van der Waals surface area (Å²) in [6, 6.07) is 2.38. The maximum atomic E-state index is 9.26. The highest BCUT2D eigenvalue weighted by Gasteiger charge is 2.27. The van der Waals surface area contributed by atoms with Gasteiger partial charge < -0.3 is 10.1 Å². The Kier molecular flexibility index (Phi) is 5.20. The van der Waals surface area contributed by atoms with Crippen molar-refractivity contribution in [2.45, 2.75) is 38.3 Å². The number of nitriles is 1. The van der Waals surface area contributed by atoms with Gasteiger partial charge in [0.25, 0.3) is 0 Å². The molecule has 1 N–H and O–H groups in total. The van der Waals surface area contributed by atoms with Gasteiger partial charge in [-0.25, -0.2) is 0 Å². The van der Waals surface area contributed by atoms with Gasteiger partial charge in [0.2, 0.25) is 0 Å². The van der Waals surface area contributed by atoms with Gasteiger partial charge in [0.15, 0.2) is 0 Å². The van der Waals surface area contributed by atoms with Crippen molar-refractivity contribution in [3.8, 4) is 6.07 Å². The zero-order valence-corrected chi connectivity index (χ0v) is 10.6. The third-order valence-corrected chi connectivity index (χ3v) is 3.20. The van der Waals surface area contributed by atoms with Crippen molar-refractivity contribution in [2.75, 3.05) is 33.3 Å². The lowest BCUT2D eigenvalue weighted by Gasteiger charge is -2.31. The fraction of sp³-hybridized carbons (Fsp3) is 0.917. The molecular weight excluding hydrogens is 202 g/mol. The Morgan fingerprint density at radius 1 is 1.44 bits per heavy atom. The Labute approximate surface area is 98.6 Å². The molecule has 0 aliphatic carbocycles. The Balaban J connectivity index is 2.55. The average Bonchev–Trinajstić information content (AvgIpc) is 2.54. The van der Waals surface area contributed by atoms with E-state index in [0.717, 1.165) is 39.0 Å². The van der Waals surface area contributed by atoms with Crippen LogP contribution in [0.3, 0.4) is 0 Å². The fourth-order valence-corrected chi connectivity index (χ4v) is 1.98. The molecule has 1 heterocycles. The lowest BCUT2D eigenvalue weighted by Crippen LogP contribution is -2.41. The second kappa shape index (κ2) is 6.19. The summed E-state index contributed by atoms with van der Waals surface area (Å²) in [5.74, 6) is 0. The SMILES string of the molecule is COC(C)(C)CC(C#N)N1CCCNCC1. The van der Waals surface area contributed by atoms with Gasteiger partial charge in [-0.1, -0.05) is 0 Å². The zero-order chi connectivity index (χ0) is 12.0. The summed E-state index contributed by atoms with van der Waals surface area (Å²) in [4.78, 5) is 2.26. The van der Waals surface area contributed by atoms with Gasteiger partial charge in [-0.15, -0.1) is 0 Å². The van der Waals surface area contributed by atoms with Crippen molar-refractivity contribution < 1.29 is 4.74 Å². The molecule has 0 radical (unpaired) electrons. The van der Waals surface area contributed by atoms with Crippen LogP contribution in [-0.2, 0) is 4.74 Å². The van der Waals surface area contributed by atoms with Gasteiger partial charge in [0.1, 0.15) is 6.04 Å². The van der Waals surface area contributed by atoms with E-state index in [4.69, 9.17) is 4.74 Å². The number of methoxy groups -OCH3 is 1. The molecule has 0 amide bonds. The van der Waals surface area contributed by atoms with Crippen LogP contribution in [0, 0.1) is 11.3 Å². The first-order valence-electron chi connectivity index (χ1n) is 5.98. The second-order valence-electron chi connectivity index (χ2n) is 4.95. The average molecular weight is 225 g/mol. The van der Waals surface area contributed by atoms with Gasteiger partial charge in [0, 0.05) is 33.2 Å². The molecule has 0 aromatic carbocycles. The lowest BCUT2D eigenvalue weighted by molar-refractivity contribution is -0.000419. The minimum absolute atomic E-state index is 0.0325. The first-order valence-corrected chi connectivity index (χ1v) is 5.98. The smallest absolute Gasteiger partial charge is 0.101 e. The highest BCUT2D eigenvalue weighted by atomic mass is 16.5. The summed E-state index contributed by atoms with van der Waals surface area (Å²) in [5, 5.41) is 12.6. The maximum Gasteiger partial charge on any atom is 0.101 e. The van der Waals surface area contributed by atoms with Crippen LogP contribution in [0.2, 0.25) is 0 Å². The second-order valence-corrected chi connectivity index (χ2v) is 4.95. The summed E-state index contributed by atoms with van der Waals surface area (Å²) in [7, 11) is 1.71. The molecule has 1 atom stereocenters. The summed E-state index contributed by atoms with van der Waals surface area (Å²) < 4.78 is 5.40. The maximum absolute atomic E-state index is 9.26. The van der Waals surface area contributed by atoms with Crippen molar-refractivity contribution in [2.24, 2.45) is 0 Å². The molecule has 4 heteroatoms. The summed E-state index contributed by atoms with van der Waals surface area (Å²) >= 11 is 0. The number of nitrogens with zero attached hydrogens (tertiary/aromatic N) is 2. The van der Waals surface area contributed by atoms with E-state index in [-0.39, 0.29) is 11.6 Å². The van der Waals surface area contributed by atoms with Crippen molar-refractivity contribution in [3.63, 3.8) is 0 Å². The standard InChI is InChI=1S/C12H23N3O/c1-12(2,16-3)9-11(10-13)15-7-4-5-14-6-8-15/h11,14H,4-9H2,1-3H3. The Bertz CT molecular complexity index is 239. The van der Waals surface area contributed by atoms with Crippen molar-refractivity contribution in [1.82, 2.24) is 10.2 Å².